The van der Waals surface area contributed by atoms with Crippen molar-refractivity contribution in [3.63, 3.8) is 0 Å². The molecule has 8 heteroatoms. The van der Waals surface area contributed by atoms with Gasteiger partial charge in [-0.05, 0) is 11.5 Å². The van der Waals surface area contributed by atoms with Gasteiger partial charge in [-0.15, -0.1) is 0 Å². The van der Waals surface area contributed by atoms with Gasteiger partial charge < -0.3 is 19.3 Å². The van der Waals surface area contributed by atoms with Crippen LogP contribution in [0.1, 0.15) is 0 Å². The van der Waals surface area contributed by atoms with E-state index in [0.29, 0.717) is 11.0 Å². The molecular formula is C14H13N2O5P. The lowest BCUT2D eigenvalue weighted by Crippen LogP contribution is -2.37. The van der Waals surface area contributed by atoms with E-state index in [1.165, 1.54) is 0 Å². The van der Waals surface area contributed by atoms with Gasteiger partial charge in [0, 0.05) is 11.9 Å². The summed E-state index contributed by atoms with van der Waals surface area (Å²) in [5, 5.41) is 1.66. The molecule has 1 heterocycles. The second-order valence-electron chi connectivity index (χ2n) is 4.98. The molecule has 3 aromatic rings. The zero-order valence-electron chi connectivity index (χ0n) is 11.4. The Morgan fingerprint density at radius 3 is 2.55 bits per heavy atom. The number of aromatic amines is 1. The zero-order chi connectivity index (χ0) is 15.9. The number of hydrogen-bond acceptors (Lipinski definition) is 3. The number of fused-ring (bicyclic) bond motifs is 3. The minimum atomic E-state index is -4.26. The number of rotatable bonds is 3. The monoisotopic (exact) mass is 320 g/mol. The number of nitrogens with one attached hydrogen (secondary N) is 1. The molecule has 114 valence electrons. The Morgan fingerprint density at radius 1 is 1.09 bits per heavy atom. The molecule has 0 bridgehead atoms. The molecule has 3 rings (SSSR count). The summed E-state index contributed by atoms with van der Waals surface area (Å²) in [4.78, 5) is 44.4. The van der Waals surface area contributed by atoms with Crippen LogP contribution in [0.4, 0.5) is 0 Å². The Hall–Kier alpha value is -2.21. The van der Waals surface area contributed by atoms with Crippen LogP contribution in [0.15, 0.2) is 46.0 Å². The van der Waals surface area contributed by atoms with Crippen LogP contribution in [0.25, 0.3) is 21.8 Å². The van der Waals surface area contributed by atoms with Gasteiger partial charge in [0.1, 0.15) is 0 Å². The molecule has 7 nitrogen and oxygen atoms in total. The minimum absolute atomic E-state index is 0.220. The van der Waals surface area contributed by atoms with Crippen molar-refractivity contribution < 1.29 is 14.4 Å². The highest BCUT2D eigenvalue weighted by Crippen LogP contribution is 2.34. The maximum absolute atomic E-state index is 12.0. The fourth-order valence-electron chi connectivity index (χ4n) is 2.47. The molecule has 0 amide bonds. The average Bonchev–Trinajstić information content (AvgIpc) is 2.47. The van der Waals surface area contributed by atoms with Crippen LogP contribution in [-0.4, -0.2) is 25.5 Å². The van der Waals surface area contributed by atoms with E-state index in [0.717, 1.165) is 15.3 Å². The molecule has 0 unspecified atom stereocenters. The van der Waals surface area contributed by atoms with Gasteiger partial charge in [-0.25, -0.2) is 0 Å². The number of benzene rings is 2. The van der Waals surface area contributed by atoms with Crippen molar-refractivity contribution >= 4 is 29.4 Å². The zero-order valence-corrected chi connectivity index (χ0v) is 12.3. The van der Waals surface area contributed by atoms with E-state index in [1.54, 1.807) is 12.1 Å². The molecule has 0 aliphatic heterocycles. The van der Waals surface area contributed by atoms with Gasteiger partial charge in [-0.2, -0.15) is 0 Å². The van der Waals surface area contributed by atoms with Crippen LogP contribution in [0.5, 0.6) is 0 Å². The van der Waals surface area contributed by atoms with Crippen molar-refractivity contribution in [2.24, 2.45) is 0 Å². The third-order valence-electron chi connectivity index (χ3n) is 3.49. The lowest BCUT2D eigenvalue weighted by Gasteiger charge is -2.11. The lowest BCUT2D eigenvalue weighted by molar-refractivity contribution is 0.370. The van der Waals surface area contributed by atoms with E-state index in [-0.39, 0.29) is 6.54 Å². The maximum Gasteiger partial charge on any atom is 0.327 e. The van der Waals surface area contributed by atoms with Crippen molar-refractivity contribution in [2.75, 3.05) is 6.16 Å². The molecule has 0 atom stereocenters. The second kappa shape index (κ2) is 5.21. The molecule has 0 aliphatic rings. The van der Waals surface area contributed by atoms with Crippen molar-refractivity contribution in [1.29, 1.82) is 0 Å². The highest BCUT2D eigenvalue weighted by atomic mass is 31.2. The first kappa shape index (κ1) is 14.7. The van der Waals surface area contributed by atoms with E-state index in [9.17, 15) is 14.2 Å². The Bertz CT molecular complexity index is 1030. The fourth-order valence-corrected chi connectivity index (χ4v) is 2.93. The van der Waals surface area contributed by atoms with Crippen LogP contribution in [0, 0.1) is 0 Å². The van der Waals surface area contributed by atoms with Crippen molar-refractivity contribution in [2.45, 2.75) is 6.54 Å². The predicted octanol–water partition coefficient (Wildman–Crippen LogP) is 1.02. The van der Waals surface area contributed by atoms with E-state index < -0.39 is 24.9 Å². The number of aryl methyl sites for hydroxylation is 1. The molecule has 3 N–H and O–H groups in total. The summed E-state index contributed by atoms with van der Waals surface area (Å²) in [6.45, 7) is -0.220. The first-order valence-electron chi connectivity index (χ1n) is 6.56. The fraction of sp³-hybridized carbons (Fsp3) is 0.143. The highest BCUT2D eigenvalue weighted by molar-refractivity contribution is 7.51. The molecule has 0 radical (unpaired) electrons. The highest BCUT2D eigenvalue weighted by Gasteiger charge is 2.16. The van der Waals surface area contributed by atoms with E-state index in [2.05, 4.69) is 4.98 Å². The standard InChI is InChI=1S/C14H13N2O5P/c17-13-14(18)16(7-8-22(19,20)21)11-6-5-9-3-1-2-4-10(9)12(11)15-13/h1-6H,7-8H2,(H,15,17)(H2,19,20,21). The van der Waals surface area contributed by atoms with Gasteiger partial charge in [0.15, 0.2) is 0 Å². The van der Waals surface area contributed by atoms with Crippen molar-refractivity contribution in [3.8, 4) is 0 Å². The molecule has 0 saturated heterocycles. The van der Waals surface area contributed by atoms with Crippen LogP contribution in [0.3, 0.4) is 0 Å². The van der Waals surface area contributed by atoms with Crippen molar-refractivity contribution in [3.05, 3.63) is 57.1 Å². The normalized spacial score (nSPS) is 12.1. The summed E-state index contributed by atoms with van der Waals surface area (Å²) in [5.41, 5.74) is -0.712. The Kier molecular flexibility index (Phi) is 3.48. The molecule has 1 aromatic heterocycles. The van der Waals surface area contributed by atoms with Crippen LogP contribution >= 0.6 is 7.60 Å². The van der Waals surface area contributed by atoms with E-state index in [1.807, 2.05) is 24.3 Å². The summed E-state index contributed by atoms with van der Waals surface area (Å²) >= 11 is 0. The number of hydrogen-bond donors (Lipinski definition) is 3. The van der Waals surface area contributed by atoms with E-state index in [4.69, 9.17) is 9.79 Å². The molecular weight excluding hydrogens is 307 g/mol. The van der Waals surface area contributed by atoms with Crippen LogP contribution in [-0.2, 0) is 11.1 Å². The van der Waals surface area contributed by atoms with Crippen molar-refractivity contribution in [1.82, 2.24) is 9.55 Å². The van der Waals surface area contributed by atoms with Crippen LogP contribution in [0.2, 0.25) is 0 Å². The summed E-state index contributed by atoms with van der Waals surface area (Å²) in [5.74, 6) is 0. The molecule has 0 saturated carbocycles. The first-order valence-corrected chi connectivity index (χ1v) is 8.36. The quantitative estimate of drug-likeness (QED) is 0.379. The SMILES string of the molecule is O=c1[nH]c2c3ccccc3ccc2n(CCP(=O)(O)O)c1=O. The summed E-state index contributed by atoms with van der Waals surface area (Å²) in [6, 6.07) is 10.8. The summed E-state index contributed by atoms with van der Waals surface area (Å²) < 4.78 is 12.2. The molecule has 0 spiro atoms. The topological polar surface area (TPSA) is 112 Å². The van der Waals surface area contributed by atoms with Gasteiger partial charge in [-0.1, -0.05) is 30.3 Å². The second-order valence-corrected chi connectivity index (χ2v) is 6.76. The van der Waals surface area contributed by atoms with Gasteiger partial charge in [0.2, 0.25) is 0 Å². The van der Waals surface area contributed by atoms with Crippen LogP contribution < -0.4 is 11.1 Å². The third-order valence-corrected chi connectivity index (χ3v) is 4.27. The Labute approximate surface area is 124 Å². The van der Waals surface area contributed by atoms with E-state index >= 15 is 0 Å². The smallest absolute Gasteiger partial charge is 0.324 e. The molecule has 2 aromatic carbocycles. The Morgan fingerprint density at radius 2 is 1.82 bits per heavy atom. The number of aromatic nitrogens is 2. The lowest BCUT2D eigenvalue weighted by atomic mass is 10.1. The van der Waals surface area contributed by atoms with Gasteiger partial charge in [0.25, 0.3) is 0 Å². The number of H-pyrrole nitrogens is 1. The predicted molar refractivity (Wildman–Crippen MR) is 83.2 cm³/mol. The minimum Gasteiger partial charge on any atom is -0.324 e. The summed E-state index contributed by atoms with van der Waals surface area (Å²) in [7, 11) is -4.26. The third kappa shape index (κ3) is 2.62. The Balaban J connectivity index is 2.33. The first-order chi connectivity index (χ1) is 10.4. The largest absolute Gasteiger partial charge is 0.327 e. The number of nitrogens with zero attached hydrogens (tertiary/aromatic N) is 1. The molecule has 0 aliphatic carbocycles. The average molecular weight is 320 g/mol. The maximum atomic E-state index is 12.0. The van der Waals surface area contributed by atoms with Gasteiger partial charge in [-0.3, -0.25) is 14.2 Å². The van der Waals surface area contributed by atoms with Gasteiger partial charge >= 0.3 is 18.7 Å². The molecule has 0 fully saturated rings. The summed E-state index contributed by atoms with van der Waals surface area (Å²) in [6.07, 6.45) is -0.502. The van der Waals surface area contributed by atoms with Gasteiger partial charge in [0.05, 0.1) is 17.2 Å². The molecule has 22 heavy (non-hydrogen) atoms.